The summed E-state index contributed by atoms with van der Waals surface area (Å²) in [4.78, 5) is 2.45. The monoisotopic (exact) mass is 814 g/mol. The van der Waals surface area contributed by atoms with E-state index in [1.807, 2.05) is 0 Å². The molecule has 0 aliphatic carbocycles. The third-order valence-corrected chi connectivity index (χ3v) is 12.8. The van der Waals surface area contributed by atoms with Gasteiger partial charge in [-0.15, -0.1) is 0 Å². The van der Waals surface area contributed by atoms with Crippen molar-refractivity contribution in [2.75, 3.05) is 4.90 Å². The Labute approximate surface area is 373 Å². The SMILES string of the molecule is c1ccc(-c2ccccc2N(c2ccc(-c3ccccc3-n3c4ccccc4c4cc5ccccc5cc43)cc2)c2ccc(-c3ccc4ccccc4c3)cc2-c2ccccc2)cc1. The molecule has 12 rings (SSSR count). The zero-order valence-electron chi connectivity index (χ0n) is 35.1. The molecule has 0 N–H and O–H groups in total. The van der Waals surface area contributed by atoms with E-state index in [0.717, 1.165) is 45.0 Å². The van der Waals surface area contributed by atoms with E-state index >= 15 is 0 Å². The van der Waals surface area contributed by atoms with Gasteiger partial charge in [-0.05, 0) is 110 Å². The molecule has 1 heterocycles. The summed E-state index contributed by atoms with van der Waals surface area (Å²) in [7, 11) is 0. The standard InChI is InChI=1S/C62H42N2/c1-3-18-44(19-4-1)53-25-11-14-28-58(53)63(61-38-35-51(40-56(61)45-20-5-2-6-21-45)50-32-31-43-17-7-8-22-47(43)39-50)52-36-33-46(34-37-52)54-26-12-15-29-59(54)64-60-30-16-13-27-55(60)57-41-48-23-9-10-24-49(48)42-62(57)64/h1-42H. The van der Waals surface area contributed by atoms with Crippen LogP contribution in [0.15, 0.2) is 255 Å². The van der Waals surface area contributed by atoms with Crippen molar-refractivity contribution < 1.29 is 0 Å². The molecule has 0 unspecified atom stereocenters. The Morgan fingerprint density at radius 2 is 0.781 bits per heavy atom. The van der Waals surface area contributed by atoms with Gasteiger partial charge in [-0.25, -0.2) is 0 Å². The van der Waals surface area contributed by atoms with Crippen LogP contribution in [0.25, 0.3) is 93.5 Å². The van der Waals surface area contributed by atoms with Crippen molar-refractivity contribution in [3.05, 3.63) is 255 Å². The summed E-state index contributed by atoms with van der Waals surface area (Å²) in [6.45, 7) is 0. The van der Waals surface area contributed by atoms with E-state index in [2.05, 4.69) is 264 Å². The van der Waals surface area contributed by atoms with E-state index in [9.17, 15) is 0 Å². The molecular weight excluding hydrogens is 773 g/mol. The average Bonchev–Trinajstić information content (AvgIpc) is 3.69. The van der Waals surface area contributed by atoms with Gasteiger partial charge < -0.3 is 9.47 Å². The third kappa shape index (κ3) is 6.52. The lowest BCUT2D eigenvalue weighted by Crippen LogP contribution is -2.12. The van der Waals surface area contributed by atoms with Crippen molar-refractivity contribution in [2.45, 2.75) is 0 Å². The third-order valence-electron chi connectivity index (χ3n) is 12.8. The van der Waals surface area contributed by atoms with Crippen molar-refractivity contribution in [3.63, 3.8) is 0 Å². The second kappa shape index (κ2) is 15.8. The van der Waals surface area contributed by atoms with Gasteiger partial charge in [-0.3, -0.25) is 0 Å². The summed E-state index contributed by atoms with van der Waals surface area (Å²) in [5.74, 6) is 0. The fourth-order valence-electron chi connectivity index (χ4n) is 9.68. The summed E-state index contributed by atoms with van der Waals surface area (Å²) < 4.78 is 2.45. The number of rotatable bonds is 8. The van der Waals surface area contributed by atoms with Gasteiger partial charge in [0.15, 0.2) is 0 Å². The van der Waals surface area contributed by atoms with Gasteiger partial charge in [-0.2, -0.15) is 0 Å². The predicted octanol–water partition coefficient (Wildman–Crippen LogP) is 17.2. The Kier molecular flexibility index (Phi) is 9.20. The van der Waals surface area contributed by atoms with E-state index < -0.39 is 0 Å². The van der Waals surface area contributed by atoms with Crippen LogP contribution in [-0.4, -0.2) is 4.57 Å². The highest BCUT2D eigenvalue weighted by atomic mass is 15.1. The summed E-state index contributed by atoms with van der Waals surface area (Å²) in [5.41, 5.74) is 16.2. The first-order chi connectivity index (χ1) is 31.7. The smallest absolute Gasteiger partial charge is 0.0547 e. The van der Waals surface area contributed by atoms with Crippen LogP contribution in [0.5, 0.6) is 0 Å². The Morgan fingerprint density at radius 3 is 1.55 bits per heavy atom. The molecule has 300 valence electrons. The first-order valence-electron chi connectivity index (χ1n) is 22.0. The van der Waals surface area contributed by atoms with Crippen LogP contribution in [-0.2, 0) is 0 Å². The van der Waals surface area contributed by atoms with Crippen molar-refractivity contribution >= 4 is 60.4 Å². The van der Waals surface area contributed by atoms with Gasteiger partial charge >= 0.3 is 0 Å². The lowest BCUT2D eigenvalue weighted by Gasteiger charge is -2.30. The van der Waals surface area contributed by atoms with Crippen LogP contribution in [0.3, 0.4) is 0 Å². The number of benzene rings is 11. The second-order valence-corrected chi connectivity index (χ2v) is 16.5. The van der Waals surface area contributed by atoms with Crippen molar-refractivity contribution in [3.8, 4) is 50.2 Å². The molecule has 2 nitrogen and oxygen atoms in total. The largest absolute Gasteiger partial charge is 0.309 e. The maximum atomic E-state index is 2.45. The molecule has 2 heteroatoms. The van der Waals surface area contributed by atoms with Gasteiger partial charge in [0.2, 0.25) is 0 Å². The minimum atomic E-state index is 1.07. The quantitative estimate of drug-likeness (QED) is 0.148. The van der Waals surface area contributed by atoms with E-state index in [-0.39, 0.29) is 0 Å². The molecule has 0 spiro atoms. The summed E-state index contributed by atoms with van der Waals surface area (Å²) in [6.07, 6.45) is 0. The van der Waals surface area contributed by atoms with E-state index in [0.29, 0.717) is 0 Å². The number of nitrogens with zero attached hydrogens (tertiary/aromatic N) is 2. The highest BCUT2D eigenvalue weighted by molar-refractivity contribution is 6.14. The van der Waals surface area contributed by atoms with Gasteiger partial charge in [0.1, 0.15) is 0 Å². The first kappa shape index (κ1) is 37.3. The molecule has 0 radical (unpaired) electrons. The highest BCUT2D eigenvalue weighted by Crippen LogP contribution is 2.47. The molecule has 0 saturated heterocycles. The number of para-hydroxylation sites is 3. The number of hydrogen-bond donors (Lipinski definition) is 0. The molecule has 0 amide bonds. The van der Waals surface area contributed by atoms with Crippen LogP contribution < -0.4 is 4.90 Å². The summed E-state index contributed by atoms with van der Waals surface area (Å²) in [6, 6.07) is 92.8. The summed E-state index contributed by atoms with van der Waals surface area (Å²) in [5, 5.41) is 7.47. The second-order valence-electron chi connectivity index (χ2n) is 16.5. The Morgan fingerprint density at radius 1 is 0.266 bits per heavy atom. The van der Waals surface area contributed by atoms with Crippen molar-refractivity contribution in [1.82, 2.24) is 4.57 Å². The molecule has 11 aromatic carbocycles. The zero-order valence-corrected chi connectivity index (χ0v) is 35.1. The van der Waals surface area contributed by atoms with Crippen LogP contribution in [0.2, 0.25) is 0 Å². The molecular formula is C62H42N2. The van der Waals surface area contributed by atoms with Gasteiger partial charge in [0.05, 0.1) is 28.1 Å². The van der Waals surface area contributed by atoms with Gasteiger partial charge in [-0.1, -0.05) is 194 Å². The molecule has 1 aromatic heterocycles. The topological polar surface area (TPSA) is 8.17 Å². The van der Waals surface area contributed by atoms with Crippen LogP contribution in [0.1, 0.15) is 0 Å². The molecule has 0 bridgehead atoms. The highest BCUT2D eigenvalue weighted by Gasteiger charge is 2.22. The maximum Gasteiger partial charge on any atom is 0.0547 e. The summed E-state index contributed by atoms with van der Waals surface area (Å²) >= 11 is 0. The molecule has 0 saturated carbocycles. The van der Waals surface area contributed by atoms with Crippen molar-refractivity contribution in [2.24, 2.45) is 0 Å². The lowest BCUT2D eigenvalue weighted by molar-refractivity contribution is 1.18. The lowest BCUT2D eigenvalue weighted by atomic mass is 9.94. The van der Waals surface area contributed by atoms with Crippen molar-refractivity contribution in [1.29, 1.82) is 0 Å². The molecule has 0 fully saturated rings. The van der Waals surface area contributed by atoms with Crippen LogP contribution in [0.4, 0.5) is 17.1 Å². The maximum absolute atomic E-state index is 2.45. The number of anilines is 3. The Bertz CT molecular complexity index is 3660. The van der Waals surface area contributed by atoms with E-state index in [1.54, 1.807) is 0 Å². The van der Waals surface area contributed by atoms with Crippen LogP contribution in [0, 0.1) is 0 Å². The molecule has 12 aromatic rings. The fraction of sp³-hybridized carbons (Fsp3) is 0. The molecule has 0 aliphatic rings. The van der Waals surface area contributed by atoms with E-state index in [1.165, 1.54) is 65.6 Å². The van der Waals surface area contributed by atoms with Gasteiger partial charge in [0, 0.05) is 33.2 Å². The molecule has 64 heavy (non-hydrogen) atoms. The van der Waals surface area contributed by atoms with Crippen LogP contribution >= 0.6 is 0 Å². The molecule has 0 aliphatic heterocycles. The normalized spacial score (nSPS) is 11.4. The number of fused-ring (bicyclic) bond motifs is 5. The number of aromatic nitrogens is 1. The fourth-order valence-corrected chi connectivity index (χ4v) is 9.68. The average molecular weight is 815 g/mol. The first-order valence-corrected chi connectivity index (χ1v) is 22.0. The predicted molar refractivity (Wildman–Crippen MR) is 272 cm³/mol. The molecule has 0 atom stereocenters. The van der Waals surface area contributed by atoms with E-state index in [4.69, 9.17) is 0 Å². The number of hydrogen-bond acceptors (Lipinski definition) is 1. The van der Waals surface area contributed by atoms with Gasteiger partial charge in [0.25, 0.3) is 0 Å². The Hall–Kier alpha value is -8.46. The Balaban J connectivity index is 1.04. The zero-order chi connectivity index (χ0) is 42.4. The minimum absolute atomic E-state index is 1.07. The minimum Gasteiger partial charge on any atom is -0.309 e.